The van der Waals surface area contributed by atoms with Crippen LogP contribution in [0.5, 0.6) is 0 Å². The molecule has 2 atom stereocenters. The lowest BCUT2D eigenvalue weighted by Crippen LogP contribution is -2.44. The number of rotatable bonds is 6. The Bertz CT molecular complexity index is 353. The zero-order valence-corrected chi connectivity index (χ0v) is 14.2. The van der Waals surface area contributed by atoms with Gasteiger partial charge in [0, 0.05) is 0 Å². The van der Waals surface area contributed by atoms with Gasteiger partial charge in [0.15, 0.2) is 8.32 Å². The maximum absolute atomic E-state index is 11.2. The van der Waals surface area contributed by atoms with E-state index in [4.69, 9.17) is 4.43 Å². The van der Waals surface area contributed by atoms with Gasteiger partial charge in [-0.25, -0.2) is 0 Å². The number of carboxylic acids is 1. The van der Waals surface area contributed by atoms with Gasteiger partial charge in [0.05, 0.1) is 12.0 Å². The molecule has 0 aromatic heterocycles. The molecule has 0 saturated carbocycles. The van der Waals surface area contributed by atoms with E-state index in [1.165, 1.54) is 0 Å². The highest BCUT2D eigenvalue weighted by atomic mass is 28.4. The van der Waals surface area contributed by atoms with Crippen molar-refractivity contribution in [2.24, 2.45) is 11.8 Å². The second-order valence-corrected chi connectivity index (χ2v) is 11.7. The van der Waals surface area contributed by atoms with Crippen LogP contribution < -0.4 is 0 Å². The third kappa shape index (κ3) is 5.33. The Morgan fingerprint density at radius 1 is 1.37 bits per heavy atom. The maximum Gasteiger partial charge on any atom is 0.306 e. The van der Waals surface area contributed by atoms with E-state index in [0.29, 0.717) is 0 Å². The summed E-state index contributed by atoms with van der Waals surface area (Å²) in [5.74, 6) is -1.39. The normalized spacial score (nSPS) is 15.9. The van der Waals surface area contributed by atoms with Gasteiger partial charge >= 0.3 is 5.97 Å². The molecule has 0 amide bonds. The van der Waals surface area contributed by atoms with Crippen LogP contribution in [0.4, 0.5) is 0 Å². The third-order valence-electron chi connectivity index (χ3n) is 3.98. The second-order valence-electron chi connectivity index (χ2n) is 6.92. The van der Waals surface area contributed by atoms with Crippen LogP contribution in [0.3, 0.4) is 0 Å². The molecule has 0 aromatic rings. The van der Waals surface area contributed by atoms with Gasteiger partial charge < -0.3 is 9.53 Å². The Labute approximate surface area is 117 Å². The van der Waals surface area contributed by atoms with Gasteiger partial charge in [0.25, 0.3) is 0 Å². The van der Waals surface area contributed by atoms with Crippen molar-refractivity contribution >= 4 is 14.3 Å². The first-order chi connectivity index (χ1) is 8.42. The van der Waals surface area contributed by atoms with Crippen LogP contribution in [-0.2, 0) is 9.22 Å². The summed E-state index contributed by atoms with van der Waals surface area (Å²) in [5, 5.41) is 18.4. The molecule has 0 rings (SSSR count). The zero-order chi connectivity index (χ0) is 15.4. The van der Waals surface area contributed by atoms with Crippen LogP contribution in [0.15, 0.2) is 0 Å². The largest absolute Gasteiger partial charge is 0.481 e. The van der Waals surface area contributed by atoms with E-state index in [-0.39, 0.29) is 17.4 Å². The Balaban J connectivity index is 4.88. The Morgan fingerprint density at radius 3 is 2.11 bits per heavy atom. The molecule has 2 unspecified atom stereocenters. The second kappa shape index (κ2) is 6.53. The van der Waals surface area contributed by atoms with Crippen molar-refractivity contribution in [2.45, 2.75) is 65.3 Å². The summed E-state index contributed by atoms with van der Waals surface area (Å²) in [6.07, 6.45) is -0.375. The van der Waals surface area contributed by atoms with Gasteiger partial charge in [-0.3, -0.25) is 4.79 Å². The molecule has 0 spiro atoms. The molecular formula is C14H27NO3Si. The number of aliphatic carboxylic acids is 1. The van der Waals surface area contributed by atoms with E-state index in [1.54, 1.807) is 0 Å². The molecule has 0 fully saturated rings. The van der Waals surface area contributed by atoms with Crippen molar-refractivity contribution in [1.29, 1.82) is 5.26 Å². The highest BCUT2D eigenvalue weighted by molar-refractivity contribution is 6.74. The van der Waals surface area contributed by atoms with E-state index in [2.05, 4.69) is 39.9 Å². The van der Waals surface area contributed by atoms with Crippen molar-refractivity contribution in [3.63, 3.8) is 0 Å². The molecule has 5 heteroatoms. The molecule has 4 nitrogen and oxygen atoms in total. The van der Waals surface area contributed by atoms with Crippen LogP contribution in [0, 0.1) is 23.2 Å². The van der Waals surface area contributed by atoms with Crippen molar-refractivity contribution in [3.8, 4) is 6.07 Å². The van der Waals surface area contributed by atoms with Crippen LogP contribution in [0.2, 0.25) is 18.1 Å². The van der Waals surface area contributed by atoms with Crippen molar-refractivity contribution in [3.05, 3.63) is 0 Å². The smallest absolute Gasteiger partial charge is 0.306 e. The van der Waals surface area contributed by atoms with E-state index in [9.17, 15) is 15.2 Å². The lowest BCUT2D eigenvalue weighted by atomic mass is 9.91. The fourth-order valence-corrected chi connectivity index (χ4v) is 2.76. The average molecular weight is 285 g/mol. The summed E-state index contributed by atoms with van der Waals surface area (Å²) < 4.78 is 6.00. The molecule has 0 aliphatic rings. The van der Waals surface area contributed by atoms with E-state index >= 15 is 0 Å². The Hall–Kier alpha value is -0.863. The van der Waals surface area contributed by atoms with Crippen molar-refractivity contribution in [1.82, 2.24) is 0 Å². The topological polar surface area (TPSA) is 70.3 Å². The standard InChI is InChI=1S/C14H27NO3Si/c1-10(2)12(13(16)17)8-11(9-15)18-19(6,7)14(3,4)5/h10-12H,8H2,1-7H3,(H,16,17). The summed E-state index contributed by atoms with van der Waals surface area (Å²) >= 11 is 0. The van der Waals surface area contributed by atoms with Gasteiger partial charge in [-0.15, -0.1) is 0 Å². The average Bonchev–Trinajstić information content (AvgIpc) is 2.20. The summed E-state index contributed by atoms with van der Waals surface area (Å²) in [6.45, 7) is 14.2. The minimum absolute atomic E-state index is 0.00337. The SMILES string of the molecule is CC(C)C(CC(C#N)O[Si](C)(C)C(C)(C)C)C(=O)O. The first kappa shape index (κ1) is 18.1. The summed E-state index contributed by atoms with van der Waals surface area (Å²) in [6, 6.07) is 2.12. The molecule has 0 aliphatic carbocycles. The Morgan fingerprint density at radius 2 is 1.84 bits per heavy atom. The molecule has 0 heterocycles. The number of hydrogen-bond donors (Lipinski definition) is 1. The quantitative estimate of drug-likeness (QED) is 0.756. The minimum Gasteiger partial charge on any atom is -0.481 e. The number of carboxylic acid groups (broad SMARTS) is 1. The summed E-state index contributed by atoms with van der Waals surface area (Å²) in [5.41, 5.74) is 0. The highest BCUT2D eigenvalue weighted by Gasteiger charge is 2.40. The predicted molar refractivity (Wildman–Crippen MR) is 78.3 cm³/mol. The lowest BCUT2D eigenvalue weighted by Gasteiger charge is -2.38. The molecule has 1 N–H and O–H groups in total. The number of nitriles is 1. The number of carbonyl (C=O) groups is 1. The van der Waals surface area contributed by atoms with E-state index in [1.807, 2.05) is 13.8 Å². The molecule has 0 saturated heterocycles. The molecule has 0 aliphatic heterocycles. The number of nitrogens with zero attached hydrogens (tertiary/aromatic N) is 1. The minimum atomic E-state index is -2.04. The molecule has 0 aromatic carbocycles. The Kier molecular flexibility index (Phi) is 6.24. The molecular weight excluding hydrogens is 258 g/mol. The van der Waals surface area contributed by atoms with Crippen LogP contribution in [0.1, 0.15) is 41.0 Å². The van der Waals surface area contributed by atoms with Gasteiger partial charge in [-0.05, 0) is 30.5 Å². The molecule has 110 valence electrons. The van der Waals surface area contributed by atoms with Gasteiger partial charge in [-0.1, -0.05) is 34.6 Å². The lowest BCUT2D eigenvalue weighted by molar-refractivity contribution is -0.144. The van der Waals surface area contributed by atoms with Gasteiger partial charge in [0.2, 0.25) is 0 Å². The highest BCUT2D eigenvalue weighted by Crippen LogP contribution is 2.38. The fourth-order valence-electron chi connectivity index (χ4n) is 1.55. The van der Waals surface area contributed by atoms with Crippen molar-refractivity contribution < 1.29 is 14.3 Å². The molecule has 0 bridgehead atoms. The fraction of sp³-hybridized carbons (Fsp3) is 0.857. The third-order valence-corrected chi connectivity index (χ3v) is 8.46. The van der Waals surface area contributed by atoms with Crippen LogP contribution in [-0.4, -0.2) is 25.5 Å². The first-order valence-electron chi connectivity index (χ1n) is 6.72. The van der Waals surface area contributed by atoms with Gasteiger partial charge in [0.1, 0.15) is 6.10 Å². The number of hydrogen-bond acceptors (Lipinski definition) is 3. The van der Waals surface area contributed by atoms with E-state index in [0.717, 1.165) is 0 Å². The molecule has 0 radical (unpaired) electrons. The van der Waals surface area contributed by atoms with E-state index < -0.39 is 26.3 Å². The maximum atomic E-state index is 11.2. The van der Waals surface area contributed by atoms with Gasteiger partial charge in [-0.2, -0.15) is 5.26 Å². The monoisotopic (exact) mass is 285 g/mol. The van der Waals surface area contributed by atoms with Crippen LogP contribution in [0.25, 0.3) is 0 Å². The predicted octanol–water partition coefficient (Wildman–Crippen LogP) is 3.65. The van der Waals surface area contributed by atoms with Crippen LogP contribution >= 0.6 is 0 Å². The first-order valence-corrected chi connectivity index (χ1v) is 9.63. The summed E-state index contributed by atoms with van der Waals surface area (Å²) in [7, 11) is -2.04. The zero-order valence-electron chi connectivity index (χ0n) is 13.2. The summed E-state index contributed by atoms with van der Waals surface area (Å²) in [4.78, 5) is 11.2. The molecule has 19 heavy (non-hydrogen) atoms. The van der Waals surface area contributed by atoms with Crippen molar-refractivity contribution in [2.75, 3.05) is 0 Å².